The van der Waals surface area contributed by atoms with Gasteiger partial charge in [0.1, 0.15) is 17.3 Å². The minimum absolute atomic E-state index is 0.0393. The molecule has 12 nitrogen and oxygen atoms in total. The zero-order valence-electron chi connectivity index (χ0n) is 23.5. The van der Waals surface area contributed by atoms with Crippen molar-refractivity contribution in [3.05, 3.63) is 102 Å². The maximum atomic E-state index is 13.1. The van der Waals surface area contributed by atoms with E-state index in [-0.39, 0.29) is 28.6 Å². The van der Waals surface area contributed by atoms with Gasteiger partial charge in [-0.05, 0) is 60.2 Å². The first kappa shape index (κ1) is 29.3. The number of hydrogen-bond donors (Lipinski definition) is 2. The van der Waals surface area contributed by atoms with Gasteiger partial charge in [-0.15, -0.1) is 0 Å². The second-order valence-electron chi connectivity index (χ2n) is 10.0. The van der Waals surface area contributed by atoms with E-state index in [4.69, 9.17) is 9.72 Å². The molecule has 0 saturated carbocycles. The van der Waals surface area contributed by atoms with Crippen molar-refractivity contribution in [3.63, 3.8) is 0 Å². The van der Waals surface area contributed by atoms with Crippen LogP contribution < -0.4 is 19.9 Å². The predicted octanol–water partition coefficient (Wildman–Crippen LogP) is 3.31. The third kappa shape index (κ3) is 5.86. The van der Waals surface area contributed by atoms with E-state index in [1.54, 1.807) is 48.7 Å². The van der Waals surface area contributed by atoms with Crippen LogP contribution in [-0.2, 0) is 20.0 Å². The zero-order chi connectivity index (χ0) is 30.9. The normalized spacial score (nSPS) is 14.4. The number of fused-ring (bicyclic) bond motifs is 1. The lowest BCUT2D eigenvalue weighted by atomic mass is 10.1. The summed E-state index contributed by atoms with van der Waals surface area (Å²) in [6, 6.07) is 21.0. The van der Waals surface area contributed by atoms with Crippen molar-refractivity contribution in [1.82, 2.24) is 19.3 Å². The van der Waals surface area contributed by atoms with Gasteiger partial charge in [-0.25, -0.2) is 21.8 Å². The Morgan fingerprint density at radius 2 is 1.55 bits per heavy atom. The number of methoxy groups -OCH3 is 1. The largest absolute Gasteiger partial charge is 0.497 e. The number of sulfonamides is 2. The Labute approximate surface area is 254 Å². The number of aromatic nitrogens is 3. The summed E-state index contributed by atoms with van der Waals surface area (Å²) < 4.78 is 60.9. The van der Waals surface area contributed by atoms with Crippen LogP contribution >= 0.6 is 0 Å². The highest BCUT2D eigenvalue weighted by Crippen LogP contribution is 2.27. The first-order valence-corrected chi connectivity index (χ1v) is 16.5. The number of anilines is 2. The van der Waals surface area contributed by atoms with Crippen LogP contribution in [0.2, 0.25) is 0 Å². The lowest BCUT2D eigenvalue weighted by molar-refractivity contribution is 0.383. The van der Waals surface area contributed by atoms with Crippen molar-refractivity contribution in [2.75, 3.05) is 42.9 Å². The van der Waals surface area contributed by atoms with Gasteiger partial charge in [0, 0.05) is 37.9 Å². The molecule has 1 fully saturated rings. The Morgan fingerprint density at radius 3 is 2.25 bits per heavy atom. The van der Waals surface area contributed by atoms with Crippen molar-refractivity contribution in [1.29, 1.82) is 0 Å². The zero-order valence-corrected chi connectivity index (χ0v) is 25.2. The molecule has 5 aromatic rings. The van der Waals surface area contributed by atoms with Crippen LogP contribution in [0.25, 0.3) is 22.2 Å². The molecule has 2 N–H and O–H groups in total. The number of ether oxygens (including phenoxy) is 1. The molecule has 0 bridgehead atoms. The maximum absolute atomic E-state index is 13.1. The van der Waals surface area contributed by atoms with Crippen LogP contribution in [0.15, 0.2) is 106 Å². The number of H-pyrrole nitrogens is 1. The van der Waals surface area contributed by atoms with Crippen molar-refractivity contribution in [3.8, 4) is 16.9 Å². The molecule has 2 aromatic heterocycles. The molecule has 0 radical (unpaired) electrons. The average Bonchev–Trinajstić information content (AvgIpc) is 3.05. The van der Waals surface area contributed by atoms with Gasteiger partial charge in [-0.2, -0.15) is 4.31 Å². The number of aromatic amines is 1. The minimum Gasteiger partial charge on any atom is -0.497 e. The summed E-state index contributed by atoms with van der Waals surface area (Å²) in [5.41, 5.74) is 1.80. The molecule has 0 atom stereocenters. The number of rotatable bonds is 8. The summed E-state index contributed by atoms with van der Waals surface area (Å²) in [7, 11) is -6.09. The second-order valence-corrected chi connectivity index (χ2v) is 13.7. The van der Waals surface area contributed by atoms with E-state index in [2.05, 4.69) is 14.7 Å². The molecule has 3 aromatic carbocycles. The highest BCUT2D eigenvalue weighted by Gasteiger charge is 2.29. The standard InChI is InChI=1S/C30H28N6O6S2/c1-42-23-8-10-25(11-9-23)44(40,41)36-15-13-35(14-16-36)29-20-31-26-12-7-21(17-27(26)33-29)22-18-28(30(37)32-19-22)34-43(38,39)24-5-3-2-4-6-24/h2-12,17-20,34H,13-16H2,1H3,(H,32,37). The van der Waals surface area contributed by atoms with Gasteiger partial charge in [0.05, 0.1) is 34.1 Å². The monoisotopic (exact) mass is 632 g/mol. The van der Waals surface area contributed by atoms with Gasteiger partial charge in [-0.1, -0.05) is 24.3 Å². The Bertz CT molecular complexity index is 2100. The number of nitrogens with one attached hydrogen (secondary N) is 2. The number of nitrogens with zero attached hydrogens (tertiary/aromatic N) is 4. The van der Waals surface area contributed by atoms with E-state index in [0.29, 0.717) is 46.8 Å². The van der Waals surface area contributed by atoms with Gasteiger partial charge in [0.2, 0.25) is 10.0 Å². The number of pyridine rings is 1. The molecular formula is C30H28N6O6S2. The molecule has 14 heteroatoms. The molecule has 1 aliphatic heterocycles. The molecule has 0 unspecified atom stereocenters. The Hall–Kier alpha value is -4.79. The Morgan fingerprint density at radius 1 is 0.818 bits per heavy atom. The molecule has 0 amide bonds. The third-order valence-electron chi connectivity index (χ3n) is 7.32. The third-order valence-corrected chi connectivity index (χ3v) is 10.6. The van der Waals surface area contributed by atoms with Crippen LogP contribution in [0.1, 0.15) is 0 Å². The highest BCUT2D eigenvalue weighted by molar-refractivity contribution is 7.92. The van der Waals surface area contributed by atoms with Gasteiger partial charge >= 0.3 is 0 Å². The van der Waals surface area contributed by atoms with Crippen LogP contribution in [0, 0.1) is 0 Å². The molecule has 6 rings (SSSR count). The lowest BCUT2D eigenvalue weighted by Gasteiger charge is -2.34. The van der Waals surface area contributed by atoms with Gasteiger partial charge in [-0.3, -0.25) is 14.5 Å². The Kier molecular flexibility index (Phi) is 7.80. The quantitative estimate of drug-likeness (QED) is 0.262. The SMILES string of the molecule is COc1ccc(S(=O)(=O)N2CCN(c3cnc4ccc(-c5c[nH]c(=O)c(NS(=O)(=O)c6ccccc6)c5)cc4n3)CC2)cc1. The Balaban J connectivity index is 1.21. The second kappa shape index (κ2) is 11.7. The molecule has 0 spiro atoms. The first-order chi connectivity index (χ1) is 21.1. The number of piperazine rings is 1. The van der Waals surface area contributed by atoms with E-state index in [9.17, 15) is 21.6 Å². The fourth-order valence-corrected chi connectivity index (χ4v) is 7.41. The first-order valence-electron chi connectivity index (χ1n) is 13.6. The summed E-state index contributed by atoms with van der Waals surface area (Å²) >= 11 is 0. The van der Waals surface area contributed by atoms with Crippen molar-refractivity contribution in [2.45, 2.75) is 9.79 Å². The maximum Gasteiger partial charge on any atom is 0.272 e. The van der Waals surface area contributed by atoms with E-state index >= 15 is 0 Å². The molecule has 3 heterocycles. The average molecular weight is 633 g/mol. The molecule has 1 saturated heterocycles. The van der Waals surface area contributed by atoms with Gasteiger partial charge < -0.3 is 14.6 Å². The molecular weight excluding hydrogens is 605 g/mol. The topological polar surface area (TPSA) is 155 Å². The number of hydrogen-bond acceptors (Lipinski definition) is 9. The van der Waals surface area contributed by atoms with Crippen LogP contribution in [0.5, 0.6) is 5.75 Å². The molecule has 0 aliphatic carbocycles. The molecule has 1 aliphatic rings. The predicted molar refractivity (Wildman–Crippen MR) is 167 cm³/mol. The van der Waals surface area contributed by atoms with Gasteiger partial charge in [0.15, 0.2) is 0 Å². The van der Waals surface area contributed by atoms with Crippen LogP contribution in [-0.4, -0.2) is 69.4 Å². The van der Waals surface area contributed by atoms with E-state index in [0.717, 1.165) is 0 Å². The number of benzene rings is 3. The van der Waals surface area contributed by atoms with Crippen molar-refractivity contribution < 1.29 is 21.6 Å². The lowest BCUT2D eigenvalue weighted by Crippen LogP contribution is -2.48. The van der Waals surface area contributed by atoms with E-state index in [1.807, 2.05) is 11.0 Å². The highest BCUT2D eigenvalue weighted by atomic mass is 32.2. The van der Waals surface area contributed by atoms with E-state index < -0.39 is 25.6 Å². The molecule has 44 heavy (non-hydrogen) atoms. The summed E-state index contributed by atoms with van der Waals surface area (Å²) in [4.78, 5) is 26.6. The van der Waals surface area contributed by atoms with Crippen molar-refractivity contribution in [2.24, 2.45) is 0 Å². The summed E-state index contributed by atoms with van der Waals surface area (Å²) in [5.74, 6) is 1.19. The summed E-state index contributed by atoms with van der Waals surface area (Å²) in [6.07, 6.45) is 3.16. The fraction of sp³-hybridized carbons (Fsp3) is 0.167. The van der Waals surface area contributed by atoms with Crippen LogP contribution in [0.3, 0.4) is 0 Å². The van der Waals surface area contributed by atoms with Crippen LogP contribution in [0.4, 0.5) is 11.5 Å². The summed E-state index contributed by atoms with van der Waals surface area (Å²) in [6.45, 7) is 1.43. The van der Waals surface area contributed by atoms with Crippen molar-refractivity contribution >= 4 is 42.6 Å². The summed E-state index contributed by atoms with van der Waals surface area (Å²) in [5, 5.41) is 0. The van der Waals surface area contributed by atoms with E-state index in [1.165, 1.54) is 47.9 Å². The minimum atomic E-state index is -3.96. The molecule has 226 valence electrons. The van der Waals surface area contributed by atoms with Gasteiger partial charge in [0.25, 0.3) is 15.6 Å². The smallest absolute Gasteiger partial charge is 0.272 e. The fourth-order valence-electron chi connectivity index (χ4n) is 4.92.